The maximum atomic E-state index is 9.67. The van der Waals surface area contributed by atoms with E-state index >= 15 is 0 Å². The zero-order chi connectivity index (χ0) is 13.5. The number of aliphatic hydroxyl groups excluding tert-OH is 1. The Morgan fingerprint density at radius 2 is 2.21 bits per heavy atom. The maximum absolute atomic E-state index is 9.67. The SMILES string of the molecule is COc1ccc2c(c1)C1(C)CCCC(CO)C1CC2. The Hall–Kier alpha value is -1.02. The third-order valence-corrected chi connectivity index (χ3v) is 5.55. The molecule has 2 aliphatic carbocycles. The average Bonchev–Trinajstić information content (AvgIpc) is 2.45. The molecule has 104 valence electrons. The number of hydrogen-bond donors (Lipinski definition) is 1. The van der Waals surface area contributed by atoms with Gasteiger partial charge in [-0.2, -0.15) is 0 Å². The van der Waals surface area contributed by atoms with Gasteiger partial charge in [0, 0.05) is 6.61 Å². The summed E-state index contributed by atoms with van der Waals surface area (Å²) in [5.41, 5.74) is 3.19. The molecule has 0 aliphatic heterocycles. The molecular weight excluding hydrogens is 236 g/mol. The lowest BCUT2D eigenvalue weighted by molar-refractivity contribution is 0.0607. The highest BCUT2D eigenvalue weighted by Gasteiger charge is 2.46. The van der Waals surface area contributed by atoms with Crippen LogP contribution in [0.1, 0.15) is 43.7 Å². The first kappa shape index (κ1) is 13.0. The van der Waals surface area contributed by atoms with Gasteiger partial charge in [-0.3, -0.25) is 0 Å². The number of ether oxygens (including phenoxy) is 1. The Morgan fingerprint density at radius 1 is 1.37 bits per heavy atom. The van der Waals surface area contributed by atoms with Crippen molar-refractivity contribution in [2.45, 2.75) is 44.4 Å². The van der Waals surface area contributed by atoms with Gasteiger partial charge in [-0.1, -0.05) is 19.4 Å². The molecule has 3 atom stereocenters. The topological polar surface area (TPSA) is 29.5 Å². The summed E-state index contributed by atoms with van der Waals surface area (Å²) in [5.74, 6) is 2.08. The van der Waals surface area contributed by atoms with Crippen LogP contribution in [0.5, 0.6) is 5.75 Å². The van der Waals surface area contributed by atoms with Crippen molar-refractivity contribution in [1.29, 1.82) is 0 Å². The fourth-order valence-electron chi connectivity index (χ4n) is 4.49. The van der Waals surface area contributed by atoms with E-state index in [1.54, 1.807) is 7.11 Å². The minimum Gasteiger partial charge on any atom is -0.497 e. The number of aryl methyl sites for hydroxylation is 1. The molecule has 1 aromatic carbocycles. The highest BCUT2D eigenvalue weighted by molar-refractivity contribution is 5.43. The van der Waals surface area contributed by atoms with Crippen LogP contribution in [0.4, 0.5) is 0 Å². The van der Waals surface area contributed by atoms with E-state index < -0.39 is 0 Å². The second-order valence-electron chi connectivity index (χ2n) is 6.42. The highest BCUT2D eigenvalue weighted by Crippen LogP contribution is 2.52. The normalized spacial score (nSPS) is 33.4. The molecule has 0 spiro atoms. The van der Waals surface area contributed by atoms with Crippen LogP contribution in [-0.4, -0.2) is 18.8 Å². The van der Waals surface area contributed by atoms with Gasteiger partial charge < -0.3 is 9.84 Å². The summed E-state index contributed by atoms with van der Waals surface area (Å²) < 4.78 is 5.41. The summed E-state index contributed by atoms with van der Waals surface area (Å²) in [4.78, 5) is 0. The summed E-state index contributed by atoms with van der Waals surface area (Å²) in [6.07, 6.45) is 6.04. The quantitative estimate of drug-likeness (QED) is 0.884. The number of fused-ring (bicyclic) bond motifs is 3. The second kappa shape index (κ2) is 4.82. The lowest BCUT2D eigenvalue weighted by Gasteiger charge is -2.50. The van der Waals surface area contributed by atoms with E-state index in [0.29, 0.717) is 18.4 Å². The van der Waals surface area contributed by atoms with E-state index in [0.717, 1.165) is 12.2 Å². The molecule has 2 aliphatic rings. The van der Waals surface area contributed by atoms with Gasteiger partial charge in [0.1, 0.15) is 5.75 Å². The molecule has 0 radical (unpaired) electrons. The summed E-state index contributed by atoms with van der Waals surface area (Å²) >= 11 is 0. The van der Waals surface area contributed by atoms with Crippen molar-refractivity contribution in [1.82, 2.24) is 0 Å². The van der Waals surface area contributed by atoms with Crippen LogP contribution in [0.2, 0.25) is 0 Å². The fraction of sp³-hybridized carbons (Fsp3) is 0.647. The molecule has 0 amide bonds. The largest absolute Gasteiger partial charge is 0.497 e. The third kappa shape index (κ3) is 1.97. The minimum absolute atomic E-state index is 0.230. The third-order valence-electron chi connectivity index (χ3n) is 5.55. The van der Waals surface area contributed by atoms with Gasteiger partial charge >= 0.3 is 0 Å². The number of rotatable bonds is 2. The monoisotopic (exact) mass is 260 g/mol. The van der Waals surface area contributed by atoms with E-state index in [2.05, 4.69) is 25.1 Å². The Balaban J connectivity index is 2.05. The Bertz CT molecular complexity index is 468. The van der Waals surface area contributed by atoms with Crippen molar-refractivity contribution in [3.63, 3.8) is 0 Å². The van der Waals surface area contributed by atoms with Gasteiger partial charge in [-0.25, -0.2) is 0 Å². The van der Waals surface area contributed by atoms with Crippen molar-refractivity contribution < 1.29 is 9.84 Å². The van der Waals surface area contributed by atoms with E-state index in [4.69, 9.17) is 4.74 Å². The van der Waals surface area contributed by atoms with Crippen LogP contribution in [0.15, 0.2) is 18.2 Å². The average molecular weight is 260 g/mol. The van der Waals surface area contributed by atoms with Crippen molar-refractivity contribution in [3.8, 4) is 5.75 Å². The van der Waals surface area contributed by atoms with Gasteiger partial charge in [-0.05, 0) is 66.2 Å². The molecule has 3 rings (SSSR count). The van der Waals surface area contributed by atoms with Gasteiger partial charge in [-0.15, -0.1) is 0 Å². The first-order valence-corrected chi connectivity index (χ1v) is 7.47. The number of hydrogen-bond acceptors (Lipinski definition) is 2. The van der Waals surface area contributed by atoms with E-state index in [9.17, 15) is 5.11 Å². The smallest absolute Gasteiger partial charge is 0.119 e. The van der Waals surface area contributed by atoms with Crippen LogP contribution in [0, 0.1) is 11.8 Å². The first-order chi connectivity index (χ1) is 9.19. The summed E-state index contributed by atoms with van der Waals surface area (Å²) in [6.45, 7) is 2.75. The van der Waals surface area contributed by atoms with Crippen molar-refractivity contribution in [3.05, 3.63) is 29.3 Å². The number of benzene rings is 1. The van der Waals surface area contributed by atoms with Crippen molar-refractivity contribution in [2.75, 3.05) is 13.7 Å². The molecule has 2 heteroatoms. The Kier molecular flexibility index (Phi) is 3.30. The number of methoxy groups -OCH3 is 1. The molecule has 0 heterocycles. The van der Waals surface area contributed by atoms with Gasteiger partial charge in [0.25, 0.3) is 0 Å². The van der Waals surface area contributed by atoms with Crippen LogP contribution in [0.3, 0.4) is 0 Å². The molecule has 19 heavy (non-hydrogen) atoms. The van der Waals surface area contributed by atoms with Gasteiger partial charge in [0.15, 0.2) is 0 Å². The summed E-state index contributed by atoms with van der Waals surface area (Å²) in [5, 5.41) is 9.67. The molecule has 0 aromatic heterocycles. The first-order valence-electron chi connectivity index (χ1n) is 7.47. The predicted molar refractivity (Wildman–Crippen MR) is 76.6 cm³/mol. The van der Waals surface area contributed by atoms with Crippen LogP contribution >= 0.6 is 0 Å². The Morgan fingerprint density at radius 3 is 2.95 bits per heavy atom. The van der Waals surface area contributed by atoms with Gasteiger partial charge in [0.05, 0.1) is 7.11 Å². The second-order valence-corrected chi connectivity index (χ2v) is 6.42. The van der Waals surface area contributed by atoms with Crippen molar-refractivity contribution >= 4 is 0 Å². The van der Waals surface area contributed by atoms with E-state index in [1.165, 1.54) is 36.8 Å². The van der Waals surface area contributed by atoms with E-state index in [1.807, 2.05) is 0 Å². The minimum atomic E-state index is 0.230. The molecule has 1 fully saturated rings. The maximum Gasteiger partial charge on any atom is 0.119 e. The molecule has 0 saturated heterocycles. The molecule has 3 unspecified atom stereocenters. The zero-order valence-electron chi connectivity index (χ0n) is 12.0. The summed E-state index contributed by atoms with van der Waals surface area (Å²) in [7, 11) is 1.74. The lowest BCUT2D eigenvalue weighted by atomic mass is 9.55. The molecule has 2 nitrogen and oxygen atoms in total. The van der Waals surface area contributed by atoms with Crippen LogP contribution in [0.25, 0.3) is 0 Å². The standard InChI is InChI=1S/C17H24O2/c1-17-9-3-4-13(11-18)15(17)8-6-12-5-7-14(19-2)10-16(12)17/h5,7,10,13,15,18H,3-4,6,8-9,11H2,1-2H3. The Labute approximate surface area is 115 Å². The fourth-order valence-corrected chi connectivity index (χ4v) is 4.49. The molecule has 1 aromatic rings. The van der Waals surface area contributed by atoms with Gasteiger partial charge in [0.2, 0.25) is 0 Å². The highest BCUT2D eigenvalue weighted by atomic mass is 16.5. The molecular formula is C17H24O2. The van der Waals surface area contributed by atoms with Crippen LogP contribution in [-0.2, 0) is 11.8 Å². The van der Waals surface area contributed by atoms with E-state index in [-0.39, 0.29) is 5.41 Å². The van der Waals surface area contributed by atoms with Crippen LogP contribution < -0.4 is 4.74 Å². The molecule has 0 bridgehead atoms. The van der Waals surface area contributed by atoms with Crippen molar-refractivity contribution in [2.24, 2.45) is 11.8 Å². The molecule has 1 N–H and O–H groups in total. The lowest BCUT2D eigenvalue weighted by Crippen LogP contribution is -2.45. The number of aliphatic hydroxyl groups is 1. The molecule has 1 saturated carbocycles. The predicted octanol–water partition coefficient (Wildman–Crippen LogP) is 3.31. The zero-order valence-corrected chi connectivity index (χ0v) is 12.0. The summed E-state index contributed by atoms with van der Waals surface area (Å²) in [6, 6.07) is 6.55.